The van der Waals surface area contributed by atoms with Crippen molar-refractivity contribution < 1.29 is 4.74 Å². The molecule has 1 unspecified atom stereocenters. The highest BCUT2D eigenvalue weighted by atomic mass is 16.5. The second-order valence-electron chi connectivity index (χ2n) is 5.05. The number of hydrogen-bond donors (Lipinski definition) is 2. The van der Waals surface area contributed by atoms with Crippen LogP contribution in [0.15, 0.2) is 24.3 Å². The molecule has 0 spiro atoms. The summed E-state index contributed by atoms with van der Waals surface area (Å²) in [5.41, 5.74) is 6.81. The maximum Gasteiger partial charge on any atom is 0.123 e. The highest BCUT2D eigenvalue weighted by Gasteiger charge is 2.22. The predicted molar refractivity (Wildman–Crippen MR) is 78.5 cm³/mol. The zero-order chi connectivity index (χ0) is 13.5. The molecule has 0 aliphatic carbocycles. The molecule has 1 atom stereocenters. The summed E-state index contributed by atoms with van der Waals surface area (Å²) in [6.45, 7) is 5.14. The highest BCUT2D eigenvalue weighted by molar-refractivity contribution is 5.36. The Labute approximate surface area is 115 Å². The third-order valence-electron chi connectivity index (χ3n) is 3.70. The van der Waals surface area contributed by atoms with Gasteiger partial charge in [-0.15, -0.1) is 0 Å². The van der Waals surface area contributed by atoms with Crippen LogP contribution in [0.1, 0.15) is 24.4 Å². The van der Waals surface area contributed by atoms with Crippen LogP contribution in [0.3, 0.4) is 0 Å². The van der Waals surface area contributed by atoms with Crippen molar-refractivity contribution in [1.29, 1.82) is 0 Å². The average Bonchev–Trinajstić information content (AvgIpc) is 2.48. The van der Waals surface area contributed by atoms with Crippen molar-refractivity contribution in [2.45, 2.75) is 18.9 Å². The lowest BCUT2D eigenvalue weighted by Gasteiger charge is -2.34. The number of benzene rings is 1. The Morgan fingerprint density at radius 1 is 1.37 bits per heavy atom. The number of unbranched alkanes of at least 4 members (excludes halogenated alkanes) is 1. The van der Waals surface area contributed by atoms with Gasteiger partial charge in [0.1, 0.15) is 5.75 Å². The molecule has 3 N–H and O–H groups in total. The highest BCUT2D eigenvalue weighted by Crippen LogP contribution is 2.26. The number of rotatable bonds is 6. The van der Waals surface area contributed by atoms with E-state index in [2.05, 4.69) is 22.3 Å². The zero-order valence-electron chi connectivity index (χ0n) is 11.8. The van der Waals surface area contributed by atoms with Crippen LogP contribution in [-0.2, 0) is 0 Å². The largest absolute Gasteiger partial charge is 0.496 e. The molecular weight excluding hydrogens is 238 g/mol. The van der Waals surface area contributed by atoms with E-state index in [1.165, 1.54) is 12.0 Å². The van der Waals surface area contributed by atoms with Gasteiger partial charge in [0.2, 0.25) is 0 Å². The van der Waals surface area contributed by atoms with Gasteiger partial charge in [-0.2, -0.15) is 0 Å². The minimum atomic E-state index is 0.364. The average molecular weight is 263 g/mol. The first kappa shape index (κ1) is 14.3. The molecule has 0 amide bonds. The number of methoxy groups -OCH3 is 1. The van der Waals surface area contributed by atoms with Crippen molar-refractivity contribution in [1.82, 2.24) is 10.2 Å². The molecule has 0 radical (unpaired) electrons. The Hall–Kier alpha value is -1.10. The molecule has 1 fully saturated rings. The van der Waals surface area contributed by atoms with Crippen molar-refractivity contribution in [2.75, 3.05) is 39.8 Å². The van der Waals surface area contributed by atoms with Crippen LogP contribution in [0.4, 0.5) is 0 Å². The molecule has 1 aliphatic rings. The number of ether oxygens (including phenoxy) is 1. The molecule has 106 valence electrons. The van der Waals surface area contributed by atoms with Crippen LogP contribution < -0.4 is 15.8 Å². The summed E-state index contributed by atoms with van der Waals surface area (Å²) < 4.78 is 5.46. The topological polar surface area (TPSA) is 50.5 Å². The van der Waals surface area contributed by atoms with Gasteiger partial charge in [0.25, 0.3) is 0 Å². The van der Waals surface area contributed by atoms with Crippen LogP contribution >= 0.6 is 0 Å². The molecule has 1 heterocycles. The van der Waals surface area contributed by atoms with Gasteiger partial charge in [0.15, 0.2) is 0 Å². The Kier molecular flexibility index (Phi) is 5.63. The monoisotopic (exact) mass is 263 g/mol. The van der Waals surface area contributed by atoms with E-state index < -0.39 is 0 Å². The van der Waals surface area contributed by atoms with Crippen molar-refractivity contribution in [3.63, 3.8) is 0 Å². The smallest absolute Gasteiger partial charge is 0.123 e. The van der Waals surface area contributed by atoms with E-state index in [4.69, 9.17) is 10.5 Å². The summed E-state index contributed by atoms with van der Waals surface area (Å²) in [5, 5.41) is 3.58. The first-order chi connectivity index (χ1) is 9.35. The van der Waals surface area contributed by atoms with E-state index in [1.54, 1.807) is 7.11 Å². The quantitative estimate of drug-likeness (QED) is 0.761. The van der Waals surface area contributed by atoms with E-state index in [0.717, 1.165) is 44.9 Å². The molecule has 19 heavy (non-hydrogen) atoms. The lowest BCUT2D eigenvalue weighted by molar-refractivity contribution is 0.196. The van der Waals surface area contributed by atoms with E-state index >= 15 is 0 Å². The van der Waals surface area contributed by atoms with Gasteiger partial charge in [-0.1, -0.05) is 18.2 Å². The van der Waals surface area contributed by atoms with Crippen LogP contribution in [0.5, 0.6) is 5.75 Å². The second kappa shape index (κ2) is 7.48. The summed E-state index contributed by atoms with van der Waals surface area (Å²) in [6, 6.07) is 8.64. The number of nitrogens with zero attached hydrogens (tertiary/aromatic N) is 1. The SMILES string of the molecule is COc1ccccc1C1CN(CCCCN)CCN1. The molecule has 4 nitrogen and oxygen atoms in total. The van der Waals surface area contributed by atoms with Gasteiger partial charge in [-0.25, -0.2) is 0 Å². The molecule has 0 bridgehead atoms. The molecule has 1 aromatic carbocycles. The Morgan fingerprint density at radius 2 is 2.21 bits per heavy atom. The van der Waals surface area contributed by atoms with Gasteiger partial charge in [0.05, 0.1) is 7.11 Å². The van der Waals surface area contributed by atoms with E-state index in [-0.39, 0.29) is 0 Å². The van der Waals surface area contributed by atoms with E-state index in [0.29, 0.717) is 6.04 Å². The van der Waals surface area contributed by atoms with Crippen molar-refractivity contribution in [2.24, 2.45) is 5.73 Å². The first-order valence-corrected chi connectivity index (χ1v) is 7.14. The first-order valence-electron chi connectivity index (χ1n) is 7.14. The normalized spacial score (nSPS) is 20.4. The fourth-order valence-corrected chi connectivity index (χ4v) is 2.66. The lowest BCUT2D eigenvalue weighted by Crippen LogP contribution is -2.46. The van der Waals surface area contributed by atoms with Crippen LogP contribution in [0.2, 0.25) is 0 Å². The second-order valence-corrected chi connectivity index (χ2v) is 5.05. The van der Waals surface area contributed by atoms with Crippen LogP contribution in [-0.4, -0.2) is 44.7 Å². The zero-order valence-corrected chi connectivity index (χ0v) is 11.8. The minimum absolute atomic E-state index is 0.364. The number of nitrogens with one attached hydrogen (secondary N) is 1. The summed E-state index contributed by atoms with van der Waals surface area (Å²) in [5.74, 6) is 0.976. The molecular formula is C15H25N3O. The summed E-state index contributed by atoms with van der Waals surface area (Å²) >= 11 is 0. The number of nitrogens with two attached hydrogens (primary N) is 1. The van der Waals surface area contributed by atoms with Gasteiger partial charge in [-0.05, 0) is 32.0 Å². The molecule has 1 aliphatic heterocycles. The lowest BCUT2D eigenvalue weighted by atomic mass is 10.0. The van der Waals surface area contributed by atoms with E-state index in [1.807, 2.05) is 12.1 Å². The van der Waals surface area contributed by atoms with Crippen molar-refractivity contribution in [3.8, 4) is 5.75 Å². The Bertz CT molecular complexity index is 383. The van der Waals surface area contributed by atoms with E-state index in [9.17, 15) is 0 Å². The van der Waals surface area contributed by atoms with Gasteiger partial charge >= 0.3 is 0 Å². The standard InChI is InChI=1S/C15H25N3O/c1-19-15-7-3-2-6-13(15)14-12-18(11-9-17-14)10-5-4-8-16/h2-3,6-7,14,17H,4-5,8-12,16H2,1H3. The summed E-state index contributed by atoms with van der Waals surface area (Å²) in [4.78, 5) is 2.52. The minimum Gasteiger partial charge on any atom is -0.496 e. The maximum absolute atomic E-state index is 5.55. The Balaban J connectivity index is 1.96. The maximum atomic E-state index is 5.55. The number of para-hydroxylation sites is 1. The fraction of sp³-hybridized carbons (Fsp3) is 0.600. The van der Waals surface area contributed by atoms with Gasteiger partial charge in [-0.3, -0.25) is 0 Å². The summed E-state index contributed by atoms with van der Waals surface area (Å²) in [7, 11) is 1.74. The third-order valence-corrected chi connectivity index (χ3v) is 3.70. The molecule has 2 rings (SSSR count). The molecule has 1 saturated heterocycles. The molecule has 1 aromatic rings. The third kappa shape index (κ3) is 3.93. The van der Waals surface area contributed by atoms with Gasteiger partial charge < -0.3 is 20.7 Å². The molecule has 0 aromatic heterocycles. The summed E-state index contributed by atoms with van der Waals surface area (Å²) in [6.07, 6.45) is 2.30. The molecule has 0 saturated carbocycles. The van der Waals surface area contributed by atoms with Gasteiger partial charge in [0, 0.05) is 31.2 Å². The number of piperazine rings is 1. The van der Waals surface area contributed by atoms with Crippen LogP contribution in [0, 0.1) is 0 Å². The van der Waals surface area contributed by atoms with Crippen molar-refractivity contribution >= 4 is 0 Å². The Morgan fingerprint density at radius 3 is 3.00 bits per heavy atom. The van der Waals surface area contributed by atoms with Crippen molar-refractivity contribution in [3.05, 3.63) is 29.8 Å². The van der Waals surface area contributed by atoms with Crippen LogP contribution in [0.25, 0.3) is 0 Å². The number of hydrogen-bond acceptors (Lipinski definition) is 4. The molecule has 4 heteroatoms. The fourth-order valence-electron chi connectivity index (χ4n) is 2.66. The predicted octanol–water partition coefficient (Wildman–Crippen LogP) is 1.38.